The minimum atomic E-state index is -3.74. The van der Waals surface area contributed by atoms with Crippen molar-refractivity contribution < 1.29 is 13.2 Å². The molecule has 1 aromatic heterocycles. The van der Waals surface area contributed by atoms with Crippen molar-refractivity contribution in [1.82, 2.24) is 19.4 Å². The third-order valence-corrected chi connectivity index (χ3v) is 7.54. The first-order valence-electron chi connectivity index (χ1n) is 8.68. The highest BCUT2D eigenvalue weighted by atomic mass is 32.2. The highest BCUT2D eigenvalue weighted by Crippen LogP contribution is 2.27. The van der Waals surface area contributed by atoms with E-state index >= 15 is 0 Å². The maximum Gasteiger partial charge on any atom is 0.272 e. The van der Waals surface area contributed by atoms with Crippen LogP contribution in [0, 0.1) is 0 Å². The number of nitrogens with one attached hydrogen (secondary N) is 1. The van der Waals surface area contributed by atoms with Crippen LogP contribution in [0.25, 0.3) is 0 Å². The fraction of sp³-hybridized carbons (Fsp3) is 0.471. The second-order valence-corrected chi connectivity index (χ2v) is 9.82. The molecule has 1 aliphatic heterocycles. The summed E-state index contributed by atoms with van der Waals surface area (Å²) in [5.41, 5.74) is 1.21. The van der Waals surface area contributed by atoms with Gasteiger partial charge in [-0.3, -0.25) is 9.69 Å². The summed E-state index contributed by atoms with van der Waals surface area (Å²) in [7, 11) is -3.74. The second-order valence-electron chi connectivity index (χ2n) is 6.73. The molecule has 1 aromatic carbocycles. The molecule has 1 N–H and O–H groups in total. The maximum absolute atomic E-state index is 12.9. The molecule has 1 aliphatic rings. The van der Waals surface area contributed by atoms with E-state index in [1.807, 2.05) is 32.0 Å². The zero-order valence-electron chi connectivity index (χ0n) is 15.5. The molecule has 1 fully saturated rings. The largest absolute Gasteiger partial charge is 0.301 e. The molecule has 2 heterocycles. The minimum Gasteiger partial charge on any atom is -0.301 e. The van der Waals surface area contributed by atoms with Gasteiger partial charge in [0.15, 0.2) is 0 Å². The van der Waals surface area contributed by atoms with Crippen LogP contribution in [-0.4, -0.2) is 58.9 Å². The van der Waals surface area contributed by atoms with Crippen LogP contribution in [-0.2, 0) is 21.4 Å². The van der Waals surface area contributed by atoms with Gasteiger partial charge in [-0.1, -0.05) is 41.7 Å². The van der Waals surface area contributed by atoms with Crippen molar-refractivity contribution in [2.45, 2.75) is 43.7 Å². The Morgan fingerprint density at radius 3 is 2.41 bits per heavy atom. The molecule has 0 spiro atoms. The van der Waals surface area contributed by atoms with Crippen LogP contribution in [0.2, 0.25) is 0 Å². The number of nitrogens with zero attached hydrogens (tertiary/aromatic N) is 4. The van der Waals surface area contributed by atoms with Gasteiger partial charge < -0.3 is 5.32 Å². The van der Waals surface area contributed by atoms with Gasteiger partial charge in [-0.15, -0.1) is 10.2 Å². The summed E-state index contributed by atoms with van der Waals surface area (Å²) in [5.74, 6) is -0.313. The molecule has 0 radical (unpaired) electrons. The molecule has 27 heavy (non-hydrogen) atoms. The fourth-order valence-electron chi connectivity index (χ4n) is 3.24. The highest BCUT2D eigenvalue weighted by molar-refractivity contribution is 7.91. The molecular formula is C17H23N5O3S2. The van der Waals surface area contributed by atoms with Crippen LogP contribution in [0.4, 0.5) is 5.13 Å². The Bertz CT molecular complexity index is 888. The second kappa shape index (κ2) is 8.01. The molecule has 0 saturated carbocycles. The van der Waals surface area contributed by atoms with Gasteiger partial charge in [0.1, 0.15) is 0 Å². The third kappa shape index (κ3) is 4.52. The first-order valence-corrected chi connectivity index (χ1v) is 10.9. The topological polar surface area (TPSA) is 95.5 Å². The van der Waals surface area contributed by atoms with Gasteiger partial charge >= 0.3 is 0 Å². The van der Waals surface area contributed by atoms with Gasteiger partial charge in [-0.05, 0) is 19.4 Å². The van der Waals surface area contributed by atoms with E-state index in [0.717, 1.165) is 17.9 Å². The lowest BCUT2D eigenvalue weighted by Gasteiger charge is -2.43. The van der Waals surface area contributed by atoms with Crippen LogP contribution >= 0.6 is 11.3 Å². The van der Waals surface area contributed by atoms with E-state index in [2.05, 4.69) is 32.5 Å². The Balaban J connectivity index is 1.73. The number of carbonyl (C=O) groups is 1. The summed E-state index contributed by atoms with van der Waals surface area (Å²) in [6, 6.07) is 10.3. The lowest BCUT2D eigenvalue weighted by Crippen LogP contribution is -2.57. The van der Waals surface area contributed by atoms with Gasteiger partial charge in [0.2, 0.25) is 15.4 Å². The van der Waals surface area contributed by atoms with E-state index in [1.165, 1.54) is 16.8 Å². The van der Waals surface area contributed by atoms with Gasteiger partial charge in [0, 0.05) is 38.6 Å². The summed E-state index contributed by atoms with van der Waals surface area (Å²) in [4.78, 5) is 13.4. The van der Waals surface area contributed by atoms with Crippen molar-refractivity contribution in [3.05, 3.63) is 35.9 Å². The predicted octanol–water partition coefficient (Wildman–Crippen LogP) is 1.78. The van der Waals surface area contributed by atoms with Crippen molar-refractivity contribution in [3.63, 3.8) is 0 Å². The van der Waals surface area contributed by atoms with Crippen LogP contribution < -0.4 is 5.32 Å². The SMILES string of the molecule is CC(=O)Nc1nnc(S(=O)(=O)N2CC(C)N(Cc3ccccc3)C(C)C2)s1. The zero-order chi connectivity index (χ0) is 19.6. The average Bonchev–Trinajstić information content (AvgIpc) is 3.07. The van der Waals surface area contributed by atoms with Gasteiger partial charge in [0.05, 0.1) is 0 Å². The Morgan fingerprint density at radius 2 is 1.81 bits per heavy atom. The Kier molecular flexibility index (Phi) is 5.89. The van der Waals surface area contributed by atoms with Crippen molar-refractivity contribution in [2.24, 2.45) is 0 Å². The normalized spacial score (nSPS) is 21.9. The molecule has 0 bridgehead atoms. The van der Waals surface area contributed by atoms with E-state index in [-0.39, 0.29) is 27.5 Å². The molecule has 0 aliphatic carbocycles. The molecule has 10 heteroatoms. The minimum absolute atomic E-state index is 0.0615. The van der Waals surface area contributed by atoms with Crippen molar-refractivity contribution in [1.29, 1.82) is 0 Å². The number of aromatic nitrogens is 2. The number of sulfonamides is 1. The van der Waals surface area contributed by atoms with Crippen molar-refractivity contribution in [3.8, 4) is 0 Å². The molecule has 1 amide bonds. The summed E-state index contributed by atoms with van der Waals surface area (Å²) in [5, 5.41) is 10.2. The van der Waals surface area contributed by atoms with Gasteiger partial charge in [-0.2, -0.15) is 4.31 Å². The Labute approximate surface area is 163 Å². The fourth-order valence-corrected chi connectivity index (χ4v) is 5.92. The molecule has 2 atom stereocenters. The average molecular weight is 410 g/mol. The number of piperazine rings is 1. The summed E-state index contributed by atoms with van der Waals surface area (Å²) >= 11 is 0.870. The van der Waals surface area contributed by atoms with E-state index in [1.54, 1.807) is 0 Å². The van der Waals surface area contributed by atoms with Crippen LogP contribution in [0.1, 0.15) is 26.3 Å². The number of hydrogen-bond donors (Lipinski definition) is 1. The lowest BCUT2D eigenvalue weighted by atomic mass is 10.1. The first kappa shape index (κ1) is 19.9. The molecule has 3 rings (SSSR count). The number of hydrogen-bond acceptors (Lipinski definition) is 7. The zero-order valence-corrected chi connectivity index (χ0v) is 17.1. The number of benzene rings is 1. The first-order chi connectivity index (χ1) is 12.8. The number of rotatable bonds is 5. The van der Waals surface area contributed by atoms with Crippen LogP contribution in [0.15, 0.2) is 34.7 Å². The van der Waals surface area contributed by atoms with Crippen molar-refractivity contribution in [2.75, 3.05) is 18.4 Å². The Hall–Kier alpha value is -1.88. The van der Waals surface area contributed by atoms with Crippen molar-refractivity contribution >= 4 is 32.4 Å². The van der Waals surface area contributed by atoms with E-state index in [9.17, 15) is 13.2 Å². The molecule has 8 nitrogen and oxygen atoms in total. The molecule has 2 aromatic rings. The quantitative estimate of drug-likeness (QED) is 0.757. The molecular weight excluding hydrogens is 386 g/mol. The number of anilines is 1. The number of amides is 1. The monoisotopic (exact) mass is 409 g/mol. The van der Waals surface area contributed by atoms with Crippen LogP contribution in [0.3, 0.4) is 0 Å². The number of carbonyl (C=O) groups excluding carboxylic acids is 1. The Morgan fingerprint density at radius 1 is 1.19 bits per heavy atom. The maximum atomic E-state index is 12.9. The summed E-state index contributed by atoms with van der Waals surface area (Å²) < 4.78 is 27.3. The van der Waals surface area contributed by atoms with E-state index in [4.69, 9.17) is 0 Å². The molecule has 2 unspecified atom stereocenters. The van der Waals surface area contributed by atoms with Crippen LogP contribution in [0.5, 0.6) is 0 Å². The lowest BCUT2D eigenvalue weighted by molar-refractivity contribution is -0.114. The predicted molar refractivity (Wildman–Crippen MR) is 104 cm³/mol. The summed E-state index contributed by atoms with van der Waals surface area (Å²) in [6.45, 7) is 6.95. The third-order valence-electron chi connectivity index (χ3n) is 4.53. The molecule has 146 valence electrons. The van der Waals surface area contributed by atoms with Gasteiger partial charge in [0.25, 0.3) is 10.0 Å². The standard InChI is InChI=1S/C17H23N5O3S2/c1-12-9-21(10-13(2)22(12)11-15-7-5-4-6-8-15)27(24,25)17-20-19-16(26-17)18-14(3)23/h4-8,12-13H,9-11H2,1-3H3,(H,18,19,23). The van der Waals surface area contributed by atoms with E-state index < -0.39 is 10.0 Å². The molecule has 1 saturated heterocycles. The van der Waals surface area contributed by atoms with E-state index in [0.29, 0.717) is 13.1 Å². The smallest absolute Gasteiger partial charge is 0.272 e. The summed E-state index contributed by atoms with van der Waals surface area (Å²) in [6.07, 6.45) is 0. The van der Waals surface area contributed by atoms with Gasteiger partial charge in [-0.25, -0.2) is 8.42 Å². The highest BCUT2D eigenvalue weighted by Gasteiger charge is 2.37.